The van der Waals surface area contributed by atoms with Gasteiger partial charge >= 0.3 is 0 Å². The zero-order valence-electron chi connectivity index (χ0n) is 16.3. The second kappa shape index (κ2) is 9.85. The Kier molecular flexibility index (Phi) is 7.24. The third-order valence-corrected chi connectivity index (χ3v) is 5.68. The molecular formula is C21H29N3O2S. The van der Waals surface area contributed by atoms with Crippen molar-refractivity contribution in [2.45, 2.75) is 52.5 Å². The number of fused-ring (bicyclic) bond motifs is 1. The Bertz CT molecular complexity index is 760. The maximum absolute atomic E-state index is 12.6. The first-order chi connectivity index (χ1) is 13.2. The van der Waals surface area contributed by atoms with Gasteiger partial charge in [0, 0.05) is 30.0 Å². The van der Waals surface area contributed by atoms with Crippen molar-refractivity contribution in [1.29, 1.82) is 0 Å². The van der Waals surface area contributed by atoms with Gasteiger partial charge in [-0.2, -0.15) is 0 Å². The molecule has 1 amide bonds. The highest BCUT2D eigenvalue weighted by Gasteiger charge is 2.21. The van der Waals surface area contributed by atoms with E-state index in [4.69, 9.17) is 4.74 Å². The number of aromatic nitrogens is 1. The van der Waals surface area contributed by atoms with Crippen molar-refractivity contribution < 1.29 is 9.53 Å². The Balaban J connectivity index is 1.59. The van der Waals surface area contributed by atoms with Crippen LogP contribution in [0, 0.1) is 0 Å². The van der Waals surface area contributed by atoms with E-state index in [-0.39, 0.29) is 5.91 Å². The van der Waals surface area contributed by atoms with Crippen LogP contribution in [0.25, 0.3) is 0 Å². The molecule has 0 fully saturated rings. The standard InChI is InChI=1S/C21H29N3O2S/c1-3-5-6-13-26-17-9-7-8-16(14-17)20(25)23-21-22-18-10-12-24(11-4-2)15-19(18)27-21/h7-9,14H,3-6,10-13,15H2,1-2H3,(H,22,23,25). The first-order valence-corrected chi connectivity index (χ1v) is 10.8. The number of benzene rings is 1. The summed E-state index contributed by atoms with van der Waals surface area (Å²) < 4.78 is 5.75. The highest BCUT2D eigenvalue weighted by molar-refractivity contribution is 7.15. The molecule has 0 aliphatic carbocycles. The van der Waals surface area contributed by atoms with E-state index < -0.39 is 0 Å². The summed E-state index contributed by atoms with van der Waals surface area (Å²) in [5, 5.41) is 3.65. The number of rotatable bonds is 9. The topological polar surface area (TPSA) is 54.5 Å². The zero-order chi connectivity index (χ0) is 19.1. The minimum Gasteiger partial charge on any atom is -0.494 e. The minimum atomic E-state index is -0.134. The van der Waals surface area contributed by atoms with Crippen LogP contribution in [0.1, 0.15) is 60.5 Å². The third-order valence-electron chi connectivity index (χ3n) is 4.68. The monoisotopic (exact) mass is 387 g/mol. The first-order valence-electron chi connectivity index (χ1n) is 9.94. The molecule has 0 unspecified atom stereocenters. The maximum atomic E-state index is 12.6. The van der Waals surface area contributed by atoms with Gasteiger partial charge in [-0.15, -0.1) is 11.3 Å². The highest BCUT2D eigenvalue weighted by atomic mass is 32.1. The molecule has 1 aromatic carbocycles. The van der Waals surface area contributed by atoms with Gasteiger partial charge in [0.25, 0.3) is 5.91 Å². The Morgan fingerprint density at radius 2 is 2.19 bits per heavy atom. The number of carbonyl (C=O) groups excluding carboxylic acids is 1. The molecule has 5 nitrogen and oxygen atoms in total. The van der Waals surface area contributed by atoms with Crippen LogP contribution in [0.3, 0.4) is 0 Å². The van der Waals surface area contributed by atoms with Crippen LogP contribution in [-0.4, -0.2) is 35.5 Å². The third kappa shape index (κ3) is 5.53. The molecule has 2 heterocycles. The molecule has 0 bridgehead atoms. The fourth-order valence-corrected chi connectivity index (χ4v) is 4.29. The van der Waals surface area contributed by atoms with Crippen molar-refractivity contribution in [2.75, 3.05) is 25.0 Å². The fourth-order valence-electron chi connectivity index (χ4n) is 3.25. The zero-order valence-corrected chi connectivity index (χ0v) is 17.1. The molecule has 1 aliphatic rings. The first kappa shape index (κ1) is 19.8. The van der Waals surface area contributed by atoms with Gasteiger partial charge in [-0.25, -0.2) is 4.98 Å². The summed E-state index contributed by atoms with van der Waals surface area (Å²) in [7, 11) is 0. The van der Waals surface area contributed by atoms with Crippen LogP contribution < -0.4 is 10.1 Å². The summed E-state index contributed by atoms with van der Waals surface area (Å²) >= 11 is 1.60. The number of amides is 1. The normalized spacial score (nSPS) is 14.0. The van der Waals surface area contributed by atoms with Gasteiger partial charge in [-0.3, -0.25) is 15.0 Å². The van der Waals surface area contributed by atoms with Crippen LogP contribution in [-0.2, 0) is 13.0 Å². The molecule has 1 N–H and O–H groups in total. The molecule has 3 rings (SSSR count). The van der Waals surface area contributed by atoms with Gasteiger partial charge in [-0.05, 0) is 37.6 Å². The van der Waals surface area contributed by atoms with Gasteiger partial charge < -0.3 is 4.74 Å². The van der Waals surface area contributed by atoms with Crippen molar-refractivity contribution in [3.8, 4) is 5.75 Å². The van der Waals surface area contributed by atoms with Crippen molar-refractivity contribution in [1.82, 2.24) is 9.88 Å². The summed E-state index contributed by atoms with van der Waals surface area (Å²) in [6, 6.07) is 7.37. The molecule has 27 heavy (non-hydrogen) atoms. The number of hydrogen-bond donors (Lipinski definition) is 1. The highest BCUT2D eigenvalue weighted by Crippen LogP contribution is 2.28. The quantitative estimate of drug-likeness (QED) is 0.632. The average Bonchev–Trinajstić information content (AvgIpc) is 3.07. The number of unbranched alkanes of at least 4 members (excludes halogenated alkanes) is 2. The van der Waals surface area contributed by atoms with Crippen LogP contribution in [0.15, 0.2) is 24.3 Å². The summed E-state index contributed by atoms with van der Waals surface area (Å²) in [6.07, 6.45) is 5.48. The molecule has 0 radical (unpaired) electrons. The molecule has 1 aromatic heterocycles. The second-order valence-electron chi connectivity index (χ2n) is 6.95. The van der Waals surface area contributed by atoms with Gasteiger partial charge in [0.2, 0.25) is 0 Å². The number of hydrogen-bond acceptors (Lipinski definition) is 5. The minimum absolute atomic E-state index is 0.134. The predicted molar refractivity (Wildman–Crippen MR) is 111 cm³/mol. The second-order valence-corrected chi connectivity index (χ2v) is 8.04. The van der Waals surface area contributed by atoms with E-state index in [0.29, 0.717) is 17.3 Å². The Morgan fingerprint density at radius 1 is 1.30 bits per heavy atom. The van der Waals surface area contributed by atoms with Gasteiger partial charge in [0.1, 0.15) is 5.75 Å². The van der Waals surface area contributed by atoms with E-state index >= 15 is 0 Å². The lowest BCUT2D eigenvalue weighted by atomic mass is 10.2. The predicted octanol–water partition coefficient (Wildman–Crippen LogP) is 4.73. The lowest BCUT2D eigenvalue weighted by Crippen LogP contribution is -2.30. The smallest absolute Gasteiger partial charge is 0.257 e. The van der Waals surface area contributed by atoms with E-state index in [1.54, 1.807) is 17.4 Å². The van der Waals surface area contributed by atoms with Gasteiger partial charge in [-0.1, -0.05) is 32.8 Å². The maximum Gasteiger partial charge on any atom is 0.257 e. The van der Waals surface area contributed by atoms with Crippen molar-refractivity contribution in [2.24, 2.45) is 0 Å². The molecule has 0 spiro atoms. The van der Waals surface area contributed by atoms with E-state index in [0.717, 1.165) is 56.8 Å². The van der Waals surface area contributed by atoms with Crippen LogP contribution in [0.5, 0.6) is 5.75 Å². The molecule has 0 saturated heterocycles. The molecule has 1 aliphatic heterocycles. The lowest BCUT2D eigenvalue weighted by Gasteiger charge is -2.24. The number of carbonyl (C=O) groups is 1. The molecular weight excluding hydrogens is 358 g/mol. The fraction of sp³-hybridized carbons (Fsp3) is 0.524. The Morgan fingerprint density at radius 3 is 3.00 bits per heavy atom. The van der Waals surface area contributed by atoms with E-state index in [1.165, 1.54) is 11.3 Å². The van der Waals surface area contributed by atoms with Crippen LogP contribution in [0.4, 0.5) is 5.13 Å². The molecule has 146 valence electrons. The molecule has 6 heteroatoms. The number of nitrogens with zero attached hydrogens (tertiary/aromatic N) is 2. The van der Waals surface area contributed by atoms with Crippen molar-refractivity contribution in [3.63, 3.8) is 0 Å². The SMILES string of the molecule is CCCCCOc1cccc(C(=O)Nc2nc3c(s2)CN(CCC)CC3)c1. The number of anilines is 1. The van der Waals surface area contributed by atoms with Crippen LogP contribution in [0.2, 0.25) is 0 Å². The number of thiazole rings is 1. The molecule has 0 saturated carbocycles. The Labute approximate surface area is 165 Å². The van der Waals surface area contributed by atoms with Gasteiger partial charge in [0.15, 0.2) is 5.13 Å². The summed E-state index contributed by atoms with van der Waals surface area (Å²) in [6.45, 7) is 8.17. The van der Waals surface area contributed by atoms with Gasteiger partial charge in [0.05, 0.1) is 12.3 Å². The summed E-state index contributed by atoms with van der Waals surface area (Å²) in [4.78, 5) is 21.0. The van der Waals surface area contributed by atoms with Crippen LogP contribution >= 0.6 is 11.3 Å². The summed E-state index contributed by atoms with van der Waals surface area (Å²) in [5.41, 5.74) is 1.74. The largest absolute Gasteiger partial charge is 0.494 e. The lowest BCUT2D eigenvalue weighted by molar-refractivity contribution is 0.102. The van der Waals surface area contributed by atoms with E-state index in [1.807, 2.05) is 18.2 Å². The van der Waals surface area contributed by atoms with E-state index in [9.17, 15) is 4.79 Å². The Hall–Kier alpha value is -1.92. The number of ether oxygens (including phenoxy) is 1. The molecule has 2 aromatic rings. The number of nitrogens with one attached hydrogen (secondary N) is 1. The molecule has 0 atom stereocenters. The average molecular weight is 388 g/mol. The summed E-state index contributed by atoms with van der Waals surface area (Å²) in [5.74, 6) is 0.609. The van der Waals surface area contributed by atoms with E-state index in [2.05, 4.69) is 29.0 Å². The van der Waals surface area contributed by atoms with Crippen molar-refractivity contribution >= 4 is 22.4 Å². The van der Waals surface area contributed by atoms with Crippen molar-refractivity contribution in [3.05, 3.63) is 40.4 Å².